The molecule has 1 saturated carbocycles. The molecule has 2 N–H and O–H groups in total. The zero-order chi connectivity index (χ0) is 17.3. The Kier molecular flexibility index (Phi) is 4.47. The van der Waals surface area contributed by atoms with Crippen LogP contribution >= 0.6 is 0 Å². The lowest BCUT2D eigenvalue weighted by Crippen LogP contribution is -2.48. The molecule has 0 radical (unpaired) electrons. The molecule has 5 nitrogen and oxygen atoms in total. The van der Waals surface area contributed by atoms with Gasteiger partial charge in [0.15, 0.2) is 0 Å². The third-order valence-electron chi connectivity index (χ3n) is 5.49. The molecule has 0 unspecified atom stereocenters. The Morgan fingerprint density at radius 3 is 2.33 bits per heavy atom. The zero-order valence-corrected chi connectivity index (χ0v) is 14.1. The molecule has 1 aliphatic heterocycles. The average molecular weight is 333 g/mol. The summed E-state index contributed by atoms with van der Waals surface area (Å²) in [7, 11) is 0. The number of carbonyl (C=O) groups excluding carboxylic acids is 2. The number of benzene rings is 1. The van der Waals surface area contributed by atoms with Gasteiger partial charge < -0.3 is 15.5 Å². The Morgan fingerprint density at radius 2 is 1.88 bits per heavy atom. The van der Waals surface area contributed by atoms with Crippen LogP contribution < -0.4 is 10.6 Å². The summed E-state index contributed by atoms with van der Waals surface area (Å²) in [5.41, 5.74) is 6.33. The van der Waals surface area contributed by atoms with Crippen LogP contribution in [0.25, 0.3) is 0 Å². The van der Waals surface area contributed by atoms with E-state index in [-0.39, 0.29) is 17.6 Å². The van der Waals surface area contributed by atoms with Crippen molar-refractivity contribution in [3.63, 3.8) is 0 Å². The first-order valence-electron chi connectivity index (χ1n) is 8.50. The monoisotopic (exact) mass is 333 g/mol. The van der Waals surface area contributed by atoms with Crippen molar-refractivity contribution >= 4 is 17.5 Å². The smallest absolute Gasteiger partial charge is 0.223 e. The largest absolute Gasteiger partial charge is 0.369 e. The lowest BCUT2D eigenvalue weighted by atomic mass is 9.65. The summed E-state index contributed by atoms with van der Waals surface area (Å²) in [5.74, 6) is -0.528. The van der Waals surface area contributed by atoms with Crippen molar-refractivity contribution in [2.75, 3.05) is 31.1 Å². The Hall–Kier alpha value is -2.11. The quantitative estimate of drug-likeness (QED) is 0.912. The molecule has 0 spiro atoms. The van der Waals surface area contributed by atoms with Crippen LogP contribution in [0.4, 0.5) is 10.1 Å². The van der Waals surface area contributed by atoms with Crippen LogP contribution in [-0.4, -0.2) is 42.9 Å². The third kappa shape index (κ3) is 3.09. The maximum atomic E-state index is 14.5. The maximum absolute atomic E-state index is 14.5. The van der Waals surface area contributed by atoms with Gasteiger partial charge in [-0.2, -0.15) is 0 Å². The summed E-state index contributed by atoms with van der Waals surface area (Å²) in [6.45, 7) is 4.28. The van der Waals surface area contributed by atoms with Gasteiger partial charge in [-0.1, -0.05) is 12.5 Å². The van der Waals surface area contributed by atoms with E-state index in [2.05, 4.69) is 4.90 Å². The minimum absolute atomic E-state index is 0.0772. The highest BCUT2D eigenvalue weighted by atomic mass is 19.1. The predicted octanol–water partition coefficient (Wildman–Crippen LogP) is 1.69. The second-order valence-electron chi connectivity index (χ2n) is 6.94. The summed E-state index contributed by atoms with van der Waals surface area (Å²) >= 11 is 0. The maximum Gasteiger partial charge on any atom is 0.223 e. The van der Waals surface area contributed by atoms with E-state index >= 15 is 0 Å². The number of amides is 2. The van der Waals surface area contributed by atoms with Crippen molar-refractivity contribution in [3.8, 4) is 0 Å². The zero-order valence-electron chi connectivity index (χ0n) is 14.1. The fourth-order valence-corrected chi connectivity index (χ4v) is 3.63. The second kappa shape index (κ2) is 6.42. The van der Waals surface area contributed by atoms with Crippen molar-refractivity contribution in [3.05, 3.63) is 29.6 Å². The van der Waals surface area contributed by atoms with Gasteiger partial charge in [-0.25, -0.2) is 4.39 Å². The molecule has 130 valence electrons. The van der Waals surface area contributed by atoms with Gasteiger partial charge in [0.2, 0.25) is 11.8 Å². The minimum atomic E-state index is -0.560. The lowest BCUT2D eigenvalue weighted by molar-refractivity contribution is -0.132. The first kappa shape index (κ1) is 16.7. The molecule has 3 rings (SSSR count). The summed E-state index contributed by atoms with van der Waals surface area (Å²) in [6.07, 6.45) is 2.85. The van der Waals surface area contributed by atoms with Crippen LogP contribution in [0.5, 0.6) is 0 Å². The van der Waals surface area contributed by atoms with E-state index in [4.69, 9.17) is 5.73 Å². The molecule has 24 heavy (non-hydrogen) atoms. The molecule has 2 amide bonds. The van der Waals surface area contributed by atoms with Gasteiger partial charge >= 0.3 is 0 Å². The lowest BCUT2D eigenvalue weighted by Gasteiger charge is -2.39. The SMILES string of the molecule is CC(=O)N1CCN(c2ccc(CC3(C(N)=O)CCC3)c(F)c2)CC1. The first-order chi connectivity index (χ1) is 11.4. The number of anilines is 1. The van der Waals surface area contributed by atoms with Gasteiger partial charge in [0.1, 0.15) is 5.82 Å². The van der Waals surface area contributed by atoms with Crippen LogP contribution in [0.3, 0.4) is 0 Å². The number of piperazine rings is 1. The van der Waals surface area contributed by atoms with Crippen molar-refractivity contribution in [2.45, 2.75) is 32.6 Å². The topological polar surface area (TPSA) is 66.6 Å². The Labute approximate surface area is 141 Å². The van der Waals surface area contributed by atoms with Gasteiger partial charge in [0.25, 0.3) is 0 Å². The molecule has 2 fully saturated rings. The Bertz CT molecular complexity index is 650. The van der Waals surface area contributed by atoms with E-state index < -0.39 is 5.41 Å². The van der Waals surface area contributed by atoms with Crippen LogP contribution in [0.2, 0.25) is 0 Å². The molecule has 0 aromatic heterocycles. The van der Waals surface area contributed by atoms with E-state index in [0.717, 1.165) is 24.9 Å². The molecular weight excluding hydrogens is 309 g/mol. The van der Waals surface area contributed by atoms with E-state index in [1.807, 2.05) is 6.07 Å². The fourth-order valence-electron chi connectivity index (χ4n) is 3.63. The molecule has 1 aliphatic carbocycles. The highest BCUT2D eigenvalue weighted by Crippen LogP contribution is 2.44. The van der Waals surface area contributed by atoms with Gasteiger partial charge in [-0.15, -0.1) is 0 Å². The molecule has 1 heterocycles. The van der Waals surface area contributed by atoms with Gasteiger partial charge in [-0.05, 0) is 37.0 Å². The number of primary amides is 1. The van der Waals surface area contributed by atoms with E-state index in [1.165, 1.54) is 6.07 Å². The number of hydrogen-bond acceptors (Lipinski definition) is 3. The summed E-state index contributed by atoms with van der Waals surface area (Å²) < 4.78 is 14.5. The van der Waals surface area contributed by atoms with Gasteiger partial charge in [-0.3, -0.25) is 9.59 Å². The number of hydrogen-bond donors (Lipinski definition) is 1. The summed E-state index contributed by atoms with van der Waals surface area (Å²) in [4.78, 5) is 26.9. The van der Waals surface area contributed by atoms with Gasteiger partial charge in [0.05, 0.1) is 5.41 Å². The minimum Gasteiger partial charge on any atom is -0.369 e. The highest BCUT2D eigenvalue weighted by molar-refractivity contribution is 5.82. The summed E-state index contributed by atoms with van der Waals surface area (Å²) in [6, 6.07) is 5.20. The molecule has 0 atom stereocenters. The number of nitrogens with zero attached hydrogens (tertiary/aromatic N) is 2. The normalized spacial score (nSPS) is 19.8. The standard InChI is InChI=1S/C18H24FN3O2/c1-13(23)21-7-9-22(10-8-21)15-4-3-14(16(19)11-15)12-18(17(20)24)5-2-6-18/h3-4,11H,2,5-10,12H2,1H3,(H2,20,24). The van der Waals surface area contributed by atoms with Crippen molar-refractivity contribution in [1.82, 2.24) is 4.90 Å². The van der Waals surface area contributed by atoms with Crippen LogP contribution in [-0.2, 0) is 16.0 Å². The number of nitrogens with two attached hydrogens (primary N) is 1. The van der Waals surface area contributed by atoms with Crippen molar-refractivity contribution in [1.29, 1.82) is 0 Å². The molecule has 6 heteroatoms. The van der Waals surface area contributed by atoms with Crippen LogP contribution in [0.15, 0.2) is 18.2 Å². The van der Waals surface area contributed by atoms with Crippen LogP contribution in [0.1, 0.15) is 31.7 Å². The third-order valence-corrected chi connectivity index (χ3v) is 5.49. The molecule has 2 aliphatic rings. The predicted molar refractivity (Wildman–Crippen MR) is 90.0 cm³/mol. The number of rotatable bonds is 4. The van der Waals surface area contributed by atoms with Crippen LogP contribution in [0, 0.1) is 11.2 Å². The van der Waals surface area contributed by atoms with E-state index in [1.54, 1.807) is 17.9 Å². The summed E-state index contributed by atoms with van der Waals surface area (Å²) in [5, 5.41) is 0. The van der Waals surface area contributed by atoms with Crippen molar-refractivity contribution < 1.29 is 14.0 Å². The molecular formula is C18H24FN3O2. The number of carbonyl (C=O) groups is 2. The number of halogens is 1. The Balaban J connectivity index is 1.69. The molecule has 0 bridgehead atoms. The van der Waals surface area contributed by atoms with Crippen molar-refractivity contribution in [2.24, 2.45) is 11.1 Å². The molecule has 1 aromatic rings. The van der Waals surface area contributed by atoms with E-state index in [0.29, 0.717) is 38.2 Å². The first-order valence-corrected chi connectivity index (χ1v) is 8.50. The van der Waals surface area contributed by atoms with E-state index in [9.17, 15) is 14.0 Å². The molecule has 1 aromatic carbocycles. The Morgan fingerprint density at radius 1 is 1.21 bits per heavy atom. The van der Waals surface area contributed by atoms with Gasteiger partial charge in [0, 0.05) is 38.8 Å². The molecule has 1 saturated heterocycles. The fraction of sp³-hybridized carbons (Fsp3) is 0.556. The average Bonchev–Trinajstić information content (AvgIpc) is 2.51. The second-order valence-corrected chi connectivity index (χ2v) is 6.94. The highest BCUT2D eigenvalue weighted by Gasteiger charge is 2.43.